The third kappa shape index (κ3) is 10.8. The van der Waals surface area contributed by atoms with Gasteiger partial charge >= 0.3 is 6.09 Å². The van der Waals surface area contributed by atoms with E-state index in [0.29, 0.717) is 12.6 Å². The number of hydrogen-bond acceptors (Lipinski definition) is 3. The van der Waals surface area contributed by atoms with E-state index in [1.165, 1.54) is 19.3 Å². The highest BCUT2D eigenvalue weighted by Gasteiger charge is 2.17. The maximum atomic E-state index is 11.5. The minimum absolute atomic E-state index is 0.259. The Bertz CT molecular complexity index is 249. The molecule has 0 spiro atoms. The summed E-state index contributed by atoms with van der Waals surface area (Å²) in [6, 6.07) is 0.796. The topological polar surface area (TPSA) is 50.4 Å². The Balaban J connectivity index is 3.90. The molecule has 0 aromatic rings. The largest absolute Gasteiger partial charge is 0.444 e. The van der Waals surface area contributed by atoms with E-state index in [1.54, 1.807) is 0 Å². The van der Waals surface area contributed by atoms with E-state index in [4.69, 9.17) is 4.74 Å². The summed E-state index contributed by atoms with van der Waals surface area (Å²) < 4.78 is 5.21. The number of ether oxygens (including phenoxy) is 1. The van der Waals surface area contributed by atoms with E-state index in [1.807, 2.05) is 20.8 Å². The summed E-state index contributed by atoms with van der Waals surface area (Å²) in [5.41, 5.74) is -0.437. The predicted molar refractivity (Wildman–Crippen MR) is 80.4 cm³/mol. The number of unbranched alkanes of at least 4 members (excludes halogenated alkanes) is 1. The summed E-state index contributed by atoms with van der Waals surface area (Å²) in [5.74, 6) is 0. The van der Waals surface area contributed by atoms with Gasteiger partial charge in [0.1, 0.15) is 5.60 Å². The summed E-state index contributed by atoms with van der Waals surface area (Å²) in [5, 5.41) is 6.35. The zero-order valence-corrected chi connectivity index (χ0v) is 13.5. The number of rotatable bonds is 8. The molecule has 0 saturated heterocycles. The van der Waals surface area contributed by atoms with E-state index in [-0.39, 0.29) is 12.1 Å². The number of carbonyl (C=O) groups excluding carboxylic acids is 1. The van der Waals surface area contributed by atoms with Crippen molar-refractivity contribution in [3.8, 4) is 0 Å². The van der Waals surface area contributed by atoms with E-state index in [0.717, 1.165) is 6.42 Å². The summed E-state index contributed by atoms with van der Waals surface area (Å²) in [7, 11) is 0. The second-order valence-electron chi connectivity index (χ2n) is 6.20. The Labute approximate surface area is 118 Å². The van der Waals surface area contributed by atoms with Crippen LogP contribution in [0, 0.1) is 0 Å². The van der Waals surface area contributed by atoms with Gasteiger partial charge in [-0.2, -0.15) is 0 Å². The normalized spacial score (nSPS) is 14.8. The van der Waals surface area contributed by atoms with Crippen molar-refractivity contribution in [3.63, 3.8) is 0 Å². The van der Waals surface area contributed by atoms with Gasteiger partial charge in [-0.3, -0.25) is 0 Å². The molecule has 4 nitrogen and oxygen atoms in total. The number of carbonyl (C=O) groups is 1. The molecule has 2 atom stereocenters. The molecule has 4 heteroatoms. The molecule has 1 amide bonds. The number of hydrogen-bond donors (Lipinski definition) is 2. The molecule has 0 aliphatic carbocycles. The van der Waals surface area contributed by atoms with Crippen LogP contribution in [0.25, 0.3) is 0 Å². The lowest BCUT2D eigenvalue weighted by molar-refractivity contribution is 0.0522. The molecule has 0 aliphatic heterocycles. The maximum absolute atomic E-state index is 11.5. The smallest absolute Gasteiger partial charge is 0.407 e. The van der Waals surface area contributed by atoms with Gasteiger partial charge in [-0.25, -0.2) is 4.79 Å². The van der Waals surface area contributed by atoms with E-state index >= 15 is 0 Å². The van der Waals surface area contributed by atoms with Crippen LogP contribution < -0.4 is 10.6 Å². The summed E-state index contributed by atoms with van der Waals surface area (Å²) in [6.07, 6.45) is 4.45. The van der Waals surface area contributed by atoms with Gasteiger partial charge in [0.15, 0.2) is 0 Å². The molecule has 0 heterocycles. The van der Waals surface area contributed by atoms with Crippen LogP contribution >= 0.6 is 0 Å². The first-order valence-electron chi connectivity index (χ1n) is 7.51. The molecule has 2 unspecified atom stereocenters. The molecule has 0 radical (unpaired) electrons. The van der Waals surface area contributed by atoms with Gasteiger partial charge < -0.3 is 15.4 Å². The van der Waals surface area contributed by atoms with Gasteiger partial charge in [-0.1, -0.05) is 26.7 Å². The SMILES string of the molecule is CCCCC(CC)NC(C)CNC(=O)OC(C)(C)C. The van der Waals surface area contributed by atoms with Crippen LogP contribution in [0.15, 0.2) is 0 Å². The highest BCUT2D eigenvalue weighted by Crippen LogP contribution is 2.07. The zero-order valence-electron chi connectivity index (χ0n) is 13.5. The van der Waals surface area contributed by atoms with E-state index in [2.05, 4.69) is 31.4 Å². The highest BCUT2D eigenvalue weighted by molar-refractivity contribution is 5.67. The first-order chi connectivity index (χ1) is 8.78. The fraction of sp³-hybridized carbons (Fsp3) is 0.933. The molecule has 0 fully saturated rings. The fourth-order valence-electron chi connectivity index (χ4n) is 1.87. The van der Waals surface area contributed by atoms with Gasteiger partial charge in [0.2, 0.25) is 0 Å². The van der Waals surface area contributed by atoms with Crippen LogP contribution in [0.2, 0.25) is 0 Å². The van der Waals surface area contributed by atoms with E-state index < -0.39 is 5.60 Å². The molecule has 0 rings (SSSR count). The Kier molecular flexibility index (Phi) is 8.81. The molecular weight excluding hydrogens is 240 g/mol. The first-order valence-corrected chi connectivity index (χ1v) is 7.51. The van der Waals surface area contributed by atoms with E-state index in [9.17, 15) is 4.79 Å². The van der Waals surface area contributed by atoms with Crippen molar-refractivity contribution in [3.05, 3.63) is 0 Å². The lowest BCUT2D eigenvalue weighted by Gasteiger charge is -2.24. The third-order valence-electron chi connectivity index (χ3n) is 2.87. The van der Waals surface area contributed by atoms with Crippen molar-refractivity contribution in [2.45, 2.75) is 84.9 Å². The Morgan fingerprint density at radius 2 is 1.89 bits per heavy atom. The van der Waals surface area contributed by atoms with Gasteiger partial charge in [0.05, 0.1) is 0 Å². The lowest BCUT2D eigenvalue weighted by Crippen LogP contribution is -2.44. The van der Waals surface area contributed by atoms with Crippen molar-refractivity contribution >= 4 is 6.09 Å². The van der Waals surface area contributed by atoms with Gasteiger partial charge in [-0.05, 0) is 40.5 Å². The summed E-state index contributed by atoms with van der Waals surface area (Å²) >= 11 is 0. The molecule has 0 aliphatic rings. The molecule has 0 aromatic heterocycles. The molecular formula is C15H32N2O2. The second-order valence-corrected chi connectivity index (χ2v) is 6.20. The lowest BCUT2D eigenvalue weighted by atomic mass is 10.1. The average molecular weight is 272 g/mol. The van der Waals surface area contributed by atoms with Crippen molar-refractivity contribution in [1.29, 1.82) is 0 Å². The highest BCUT2D eigenvalue weighted by atomic mass is 16.6. The van der Waals surface area contributed by atoms with Crippen molar-refractivity contribution in [2.24, 2.45) is 0 Å². The Morgan fingerprint density at radius 3 is 2.37 bits per heavy atom. The number of nitrogens with one attached hydrogen (secondary N) is 2. The Morgan fingerprint density at radius 1 is 1.26 bits per heavy atom. The van der Waals surface area contributed by atoms with Gasteiger partial charge in [0.25, 0.3) is 0 Å². The summed E-state index contributed by atoms with van der Waals surface area (Å²) in [6.45, 7) is 12.7. The number of alkyl carbamates (subject to hydrolysis) is 1. The first kappa shape index (κ1) is 18.2. The standard InChI is InChI=1S/C15H32N2O2/c1-7-9-10-13(8-2)17-12(3)11-16-14(18)19-15(4,5)6/h12-13,17H,7-11H2,1-6H3,(H,16,18). The molecule has 0 saturated carbocycles. The summed E-state index contributed by atoms with van der Waals surface area (Å²) in [4.78, 5) is 11.5. The molecule has 114 valence electrons. The quantitative estimate of drug-likeness (QED) is 0.711. The molecule has 0 aromatic carbocycles. The molecule has 2 N–H and O–H groups in total. The second kappa shape index (κ2) is 9.18. The number of amides is 1. The van der Waals surface area contributed by atoms with Crippen LogP contribution in [-0.4, -0.2) is 30.3 Å². The van der Waals surface area contributed by atoms with Gasteiger partial charge in [-0.15, -0.1) is 0 Å². The monoisotopic (exact) mass is 272 g/mol. The fourth-order valence-corrected chi connectivity index (χ4v) is 1.87. The molecule has 19 heavy (non-hydrogen) atoms. The zero-order chi connectivity index (χ0) is 14.9. The molecule has 0 bridgehead atoms. The van der Waals surface area contributed by atoms with Crippen molar-refractivity contribution in [2.75, 3.05) is 6.54 Å². The predicted octanol–water partition coefficient (Wildman–Crippen LogP) is 3.46. The van der Waals surface area contributed by atoms with Crippen molar-refractivity contribution in [1.82, 2.24) is 10.6 Å². The third-order valence-corrected chi connectivity index (χ3v) is 2.87. The van der Waals surface area contributed by atoms with Crippen molar-refractivity contribution < 1.29 is 9.53 Å². The van der Waals surface area contributed by atoms with Crippen LogP contribution in [0.3, 0.4) is 0 Å². The van der Waals surface area contributed by atoms with Crippen LogP contribution in [0.5, 0.6) is 0 Å². The average Bonchev–Trinajstić information content (AvgIpc) is 2.29. The maximum Gasteiger partial charge on any atom is 0.407 e. The van der Waals surface area contributed by atoms with Crippen LogP contribution in [-0.2, 0) is 4.74 Å². The van der Waals surface area contributed by atoms with Crippen LogP contribution in [0.4, 0.5) is 4.79 Å². The minimum Gasteiger partial charge on any atom is -0.444 e. The minimum atomic E-state index is -0.437. The van der Waals surface area contributed by atoms with Crippen LogP contribution in [0.1, 0.15) is 67.2 Å². The van der Waals surface area contributed by atoms with Gasteiger partial charge in [0, 0.05) is 18.6 Å². The Hall–Kier alpha value is -0.770.